The van der Waals surface area contributed by atoms with Crippen molar-refractivity contribution in [3.05, 3.63) is 59.4 Å². The van der Waals surface area contributed by atoms with Crippen LogP contribution in [0.2, 0.25) is 0 Å². The number of thioether (sulfide) groups is 1. The van der Waals surface area contributed by atoms with Gasteiger partial charge >= 0.3 is 0 Å². The molecule has 2 aromatic rings. The maximum atomic E-state index is 13.8. The van der Waals surface area contributed by atoms with Crippen molar-refractivity contribution in [2.24, 2.45) is 0 Å². The van der Waals surface area contributed by atoms with Crippen molar-refractivity contribution in [1.82, 2.24) is 0 Å². The monoisotopic (exact) mass is 339 g/mol. The number of benzene rings is 2. The van der Waals surface area contributed by atoms with Crippen LogP contribution in [0.4, 0.5) is 18.9 Å². The van der Waals surface area contributed by atoms with Crippen molar-refractivity contribution in [2.75, 3.05) is 11.1 Å². The van der Waals surface area contributed by atoms with Crippen molar-refractivity contribution in [1.29, 1.82) is 0 Å². The average molecular weight is 339 g/mol. The molecule has 0 aliphatic heterocycles. The lowest BCUT2D eigenvalue weighted by molar-refractivity contribution is -0.113. The molecule has 0 unspecified atom stereocenters. The third kappa shape index (κ3) is 4.59. The van der Waals surface area contributed by atoms with Gasteiger partial charge in [-0.1, -0.05) is 6.07 Å². The Labute approximate surface area is 134 Å². The van der Waals surface area contributed by atoms with Gasteiger partial charge in [-0.15, -0.1) is 11.8 Å². The van der Waals surface area contributed by atoms with Crippen LogP contribution < -0.4 is 5.32 Å². The fourth-order valence-electron chi connectivity index (χ4n) is 1.75. The second-order valence-electron chi connectivity index (χ2n) is 4.67. The van der Waals surface area contributed by atoms with Crippen LogP contribution in [0.1, 0.15) is 17.3 Å². The molecular formula is C16H12F3NO2S. The molecule has 2 rings (SSSR count). The van der Waals surface area contributed by atoms with Crippen LogP contribution in [0, 0.1) is 17.5 Å². The van der Waals surface area contributed by atoms with E-state index in [0.717, 1.165) is 30.0 Å². The Morgan fingerprint density at radius 2 is 1.74 bits per heavy atom. The van der Waals surface area contributed by atoms with E-state index in [2.05, 4.69) is 5.32 Å². The van der Waals surface area contributed by atoms with E-state index in [1.165, 1.54) is 25.1 Å². The zero-order valence-corrected chi connectivity index (χ0v) is 12.8. The Hall–Kier alpha value is -2.28. The molecule has 0 heterocycles. The zero-order valence-electron chi connectivity index (χ0n) is 12.0. The molecule has 1 N–H and O–H groups in total. The number of carbonyl (C=O) groups excluding carboxylic acids is 2. The van der Waals surface area contributed by atoms with Gasteiger partial charge in [0.15, 0.2) is 17.4 Å². The number of carbonyl (C=O) groups is 2. The lowest BCUT2D eigenvalue weighted by Crippen LogP contribution is -2.14. The van der Waals surface area contributed by atoms with Crippen LogP contribution in [0.15, 0.2) is 41.3 Å². The van der Waals surface area contributed by atoms with Gasteiger partial charge in [-0.3, -0.25) is 9.59 Å². The molecule has 0 saturated carbocycles. The van der Waals surface area contributed by atoms with Crippen LogP contribution in [0.5, 0.6) is 0 Å². The summed E-state index contributed by atoms with van der Waals surface area (Å²) >= 11 is 0.936. The van der Waals surface area contributed by atoms with Gasteiger partial charge in [-0.25, -0.2) is 13.2 Å². The molecule has 3 nitrogen and oxygen atoms in total. The van der Waals surface area contributed by atoms with E-state index in [0.29, 0.717) is 0 Å². The number of amides is 1. The standard InChI is InChI=1S/C16H12F3NO2S/c1-9(21)10-2-5-15(14(19)6-10)23-8-16(22)20-11-3-4-12(17)13(18)7-11/h2-7H,8H2,1H3,(H,20,22). The summed E-state index contributed by atoms with van der Waals surface area (Å²) in [5.41, 5.74) is 0.361. The SMILES string of the molecule is CC(=O)c1ccc(SCC(=O)Nc2ccc(F)c(F)c2)c(F)c1. The molecule has 0 aliphatic rings. The first-order chi connectivity index (χ1) is 10.9. The second kappa shape index (κ2) is 7.32. The molecular weight excluding hydrogens is 327 g/mol. The largest absolute Gasteiger partial charge is 0.325 e. The summed E-state index contributed by atoms with van der Waals surface area (Å²) in [4.78, 5) is 23.1. The number of hydrogen-bond acceptors (Lipinski definition) is 3. The fraction of sp³-hybridized carbons (Fsp3) is 0.125. The van der Waals surface area contributed by atoms with Crippen molar-refractivity contribution in [3.63, 3.8) is 0 Å². The molecule has 7 heteroatoms. The minimum Gasteiger partial charge on any atom is -0.325 e. The van der Waals surface area contributed by atoms with Crippen molar-refractivity contribution >= 4 is 29.1 Å². The second-order valence-corrected chi connectivity index (χ2v) is 5.68. The normalized spacial score (nSPS) is 10.4. The third-order valence-corrected chi connectivity index (χ3v) is 3.95. The van der Waals surface area contributed by atoms with E-state index in [4.69, 9.17) is 0 Å². The van der Waals surface area contributed by atoms with Gasteiger partial charge in [0.05, 0.1) is 5.75 Å². The quantitative estimate of drug-likeness (QED) is 0.661. The zero-order chi connectivity index (χ0) is 17.0. The molecule has 0 spiro atoms. The first-order valence-corrected chi connectivity index (χ1v) is 7.53. The first-order valence-electron chi connectivity index (χ1n) is 6.55. The van der Waals surface area contributed by atoms with E-state index in [-0.39, 0.29) is 27.7 Å². The van der Waals surface area contributed by atoms with Gasteiger partial charge in [-0.2, -0.15) is 0 Å². The molecule has 2 aromatic carbocycles. The van der Waals surface area contributed by atoms with Crippen LogP contribution in [-0.2, 0) is 4.79 Å². The lowest BCUT2D eigenvalue weighted by Gasteiger charge is -2.07. The summed E-state index contributed by atoms with van der Waals surface area (Å²) in [5.74, 6) is -3.53. The summed E-state index contributed by atoms with van der Waals surface area (Å²) < 4.78 is 39.6. The van der Waals surface area contributed by atoms with E-state index in [1.807, 2.05) is 0 Å². The molecule has 0 aromatic heterocycles. The van der Waals surface area contributed by atoms with Crippen LogP contribution in [0.3, 0.4) is 0 Å². The molecule has 0 aliphatic carbocycles. The van der Waals surface area contributed by atoms with Crippen LogP contribution >= 0.6 is 11.8 Å². The van der Waals surface area contributed by atoms with E-state index in [9.17, 15) is 22.8 Å². The van der Waals surface area contributed by atoms with Crippen molar-refractivity contribution < 1.29 is 22.8 Å². The highest BCUT2D eigenvalue weighted by Crippen LogP contribution is 2.23. The molecule has 23 heavy (non-hydrogen) atoms. The number of hydrogen-bond donors (Lipinski definition) is 1. The summed E-state index contributed by atoms with van der Waals surface area (Å²) in [6.45, 7) is 1.33. The summed E-state index contributed by atoms with van der Waals surface area (Å²) in [6.07, 6.45) is 0. The molecule has 0 radical (unpaired) electrons. The summed E-state index contributed by atoms with van der Waals surface area (Å²) in [7, 11) is 0. The Kier molecular flexibility index (Phi) is 5.44. The van der Waals surface area contributed by atoms with Crippen LogP contribution in [0.25, 0.3) is 0 Å². The fourth-order valence-corrected chi connectivity index (χ4v) is 2.47. The van der Waals surface area contributed by atoms with Crippen LogP contribution in [-0.4, -0.2) is 17.4 Å². The number of halogens is 3. The number of nitrogens with one attached hydrogen (secondary N) is 1. The summed E-state index contributed by atoms with van der Waals surface area (Å²) in [6, 6.07) is 6.99. The van der Waals surface area contributed by atoms with Gasteiger partial charge < -0.3 is 5.32 Å². The Morgan fingerprint density at radius 1 is 1.00 bits per heavy atom. The summed E-state index contributed by atoms with van der Waals surface area (Å²) in [5, 5.41) is 2.39. The highest BCUT2D eigenvalue weighted by molar-refractivity contribution is 8.00. The lowest BCUT2D eigenvalue weighted by atomic mass is 10.1. The van der Waals surface area contributed by atoms with Gasteiger partial charge in [0.2, 0.25) is 5.91 Å². The molecule has 120 valence electrons. The maximum Gasteiger partial charge on any atom is 0.234 e. The highest BCUT2D eigenvalue weighted by Gasteiger charge is 2.10. The molecule has 0 bridgehead atoms. The highest BCUT2D eigenvalue weighted by atomic mass is 32.2. The Morgan fingerprint density at radius 3 is 2.35 bits per heavy atom. The van der Waals surface area contributed by atoms with E-state index in [1.54, 1.807) is 0 Å². The minimum atomic E-state index is -1.07. The first kappa shape index (κ1) is 17.1. The number of rotatable bonds is 5. The van der Waals surface area contributed by atoms with Gasteiger partial charge in [0.1, 0.15) is 5.82 Å². The van der Waals surface area contributed by atoms with Crippen molar-refractivity contribution in [3.8, 4) is 0 Å². The van der Waals surface area contributed by atoms with Gasteiger partial charge in [0.25, 0.3) is 0 Å². The number of ketones is 1. The Bertz CT molecular complexity index is 765. The average Bonchev–Trinajstić information content (AvgIpc) is 2.49. The molecule has 1 amide bonds. The topological polar surface area (TPSA) is 46.2 Å². The van der Waals surface area contributed by atoms with E-state index >= 15 is 0 Å². The number of anilines is 1. The Balaban J connectivity index is 1.96. The maximum absolute atomic E-state index is 13.8. The van der Waals surface area contributed by atoms with Crippen molar-refractivity contribution in [2.45, 2.75) is 11.8 Å². The van der Waals surface area contributed by atoms with Gasteiger partial charge in [0, 0.05) is 22.2 Å². The predicted molar refractivity (Wildman–Crippen MR) is 82.1 cm³/mol. The smallest absolute Gasteiger partial charge is 0.234 e. The van der Waals surface area contributed by atoms with Gasteiger partial charge in [-0.05, 0) is 31.2 Å². The molecule has 0 fully saturated rings. The molecule has 0 saturated heterocycles. The minimum absolute atomic E-state index is 0.113. The molecule has 0 atom stereocenters. The number of Topliss-reactive ketones (excluding diaryl/α,β-unsaturated/α-hetero) is 1. The third-order valence-electron chi connectivity index (χ3n) is 2.90. The predicted octanol–water partition coefficient (Wildman–Crippen LogP) is 4.04. The van der Waals surface area contributed by atoms with E-state index < -0.39 is 23.4 Å².